The molecule has 0 spiro atoms. The lowest BCUT2D eigenvalue weighted by Gasteiger charge is -2.33. The number of hydrogen-bond acceptors (Lipinski definition) is 5. The number of thiocarbonyl (C=S) groups is 1. The van der Waals surface area contributed by atoms with Crippen LogP contribution in [0.3, 0.4) is 0 Å². The summed E-state index contributed by atoms with van der Waals surface area (Å²) in [7, 11) is 0. The zero-order valence-electron chi connectivity index (χ0n) is 9.37. The van der Waals surface area contributed by atoms with E-state index >= 15 is 0 Å². The molecule has 3 rings (SSSR count). The van der Waals surface area contributed by atoms with E-state index in [0.717, 1.165) is 31.7 Å². The first-order chi connectivity index (χ1) is 8.24. The molecule has 17 heavy (non-hydrogen) atoms. The summed E-state index contributed by atoms with van der Waals surface area (Å²) in [6.07, 6.45) is 6.18. The van der Waals surface area contributed by atoms with Crippen molar-refractivity contribution in [3.63, 3.8) is 0 Å². The second-order valence-corrected chi connectivity index (χ2v) is 4.90. The lowest BCUT2D eigenvalue weighted by molar-refractivity contribution is 0.0302. The van der Waals surface area contributed by atoms with Crippen LogP contribution >= 0.6 is 12.2 Å². The maximum absolute atomic E-state index is 5.80. The quantitative estimate of drug-likeness (QED) is 0.770. The van der Waals surface area contributed by atoms with Gasteiger partial charge >= 0.3 is 0 Å². The van der Waals surface area contributed by atoms with Crippen molar-refractivity contribution in [3.05, 3.63) is 18.1 Å². The van der Waals surface area contributed by atoms with E-state index in [1.807, 2.05) is 0 Å². The van der Waals surface area contributed by atoms with Gasteiger partial charge in [-0.3, -0.25) is 0 Å². The smallest absolute Gasteiger partial charge is 0.157 e. The van der Waals surface area contributed by atoms with Crippen LogP contribution < -0.4 is 10.6 Å². The van der Waals surface area contributed by atoms with Gasteiger partial charge in [-0.05, 0) is 12.8 Å². The molecule has 90 valence electrons. The molecule has 0 saturated carbocycles. The predicted octanol–water partition coefficient (Wildman–Crippen LogP) is 0.478. The number of nitrogens with two attached hydrogens (primary N) is 1. The molecule has 2 aliphatic rings. The molecule has 2 saturated heterocycles. The van der Waals surface area contributed by atoms with Crippen molar-refractivity contribution in [1.29, 1.82) is 0 Å². The van der Waals surface area contributed by atoms with Gasteiger partial charge in [-0.15, -0.1) is 0 Å². The molecule has 6 heteroatoms. The van der Waals surface area contributed by atoms with Crippen molar-refractivity contribution in [2.75, 3.05) is 18.0 Å². The Kier molecular flexibility index (Phi) is 2.68. The van der Waals surface area contributed by atoms with Gasteiger partial charge in [0.15, 0.2) is 5.82 Å². The summed E-state index contributed by atoms with van der Waals surface area (Å²) in [5, 5.41) is 0. The summed E-state index contributed by atoms with van der Waals surface area (Å²) in [6.45, 7) is 1.70. The minimum Gasteiger partial charge on any atom is -0.388 e. The molecule has 2 unspecified atom stereocenters. The largest absolute Gasteiger partial charge is 0.388 e. The van der Waals surface area contributed by atoms with Crippen molar-refractivity contribution in [3.8, 4) is 0 Å². The molecule has 1 aromatic rings. The number of hydrogen-bond donors (Lipinski definition) is 1. The monoisotopic (exact) mass is 250 g/mol. The molecule has 2 N–H and O–H groups in total. The van der Waals surface area contributed by atoms with Gasteiger partial charge in [-0.1, -0.05) is 12.2 Å². The molecule has 2 atom stereocenters. The minimum atomic E-state index is 0.298. The predicted molar refractivity (Wildman–Crippen MR) is 68.0 cm³/mol. The topological polar surface area (TPSA) is 64.3 Å². The van der Waals surface area contributed by atoms with Crippen molar-refractivity contribution in [1.82, 2.24) is 9.97 Å². The highest BCUT2D eigenvalue weighted by molar-refractivity contribution is 7.80. The molecule has 2 bridgehead atoms. The van der Waals surface area contributed by atoms with Crippen LogP contribution in [0.25, 0.3) is 0 Å². The van der Waals surface area contributed by atoms with Gasteiger partial charge in [-0.2, -0.15) is 0 Å². The number of aromatic nitrogens is 2. The third-order valence-electron chi connectivity index (χ3n) is 3.26. The van der Waals surface area contributed by atoms with E-state index in [-0.39, 0.29) is 0 Å². The van der Waals surface area contributed by atoms with E-state index in [1.54, 1.807) is 12.4 Å². The summed E-state index contributed by atoms with van der Waals surface area (Å²) >= 11 is 5.01. The standard InChI is InChI=1S/C11H14N4OS/c12-10(17)9-11(14-4-3-13-9)15-5-7-1-2-8(6-15)16-7/h3-4,7-8H,1-2,5-6H2,(H2,12,17). The molecule has 2 fully saturated rings. The SMILES string of the molecule is NC(=S)c1nccnc1N1CC2CCC(C1)O2. The molecular formula is C11H14N4OS. The van der Waals surface area contributed by atoms with E-state index < -0.39 is 0 Å². The van der Waals surface area contributed by atoms with Crippen LogP contribution in [0, 0.1) is 0 Å². The molecule has 0 aliphatic carbocycles. The average Bonchev–Trinajstić information content (AvgIpc) is 2.68. The summed E-state index contributed by atoms with van der Waals surface area (Å²) in [5.74, 6) is 0.792. The zero-order valence-corrected chi connectivity index (χ0v) is 10.2. The Morgan fingerprint density at radius 3 is 2.59 bits per heavy atom. The van der Waals surface area contributed by atoms with Crippen LogP contribution in [0.4, 0.5) is 5.82 Å². The van der Waals surface area contributed by atoms with Gasteiger partial charge in [0.2, 0.25) is 0 Å². The second kappa shape index (κ2) is 4.19. The minimum absolute atomic E-state index is 0.298. The normalized spacial score (nSPS) is 27.2. The maximum Gasteiger partial charge on any atom is 0.157 e. The summed E-state index contributed by atoms with van der Waals surface area (Å²) in [6, 6.07) is 0. The number of nitrogens with zero attached hydrogens (tertiary/aromatic N) is 3. The highest BCUT2D eigenvalue weighted by Crippen LogP contribution is 2.29. The van der Waals surface area contributed by atoms with Crippen molar-refractivity contribution < 1.29 is 4.74 Å². The number of fused-ring (bicyclic) bond motifs is 2. The van der Waals surface area contributed by atoms with Crippen molar-refractivity contribution >= 4 is 23.0 Å². The van der Waals surface area contributed by atoms with E-state index in [4.69, 9.17) is 22.7 Å². The molecule has 0 aromatic carbocycles. The van der Waals surface area contributed by atoms with Crippen molar-refractivity contribution in [2.45, 2.75) is 25.0 Å². The third kappa shape index (κ3) is 1.98. The molecule has 1 aromatic heterocycles. The Labute approximate surface area is 105 Å². The second-order valence-electron chi connectivity index (χ2n) is 4.46. The van der Waals surface area contributed by atoms with E-state index in [1.165, 1.54) is 0 Å². The van der Waals surface area contributed by atoms with Gasteiger partial charge in [0.05, 0.1) is 12.2 Å². The zero-order chi connectivity index (χ0) is 11.8. The van der Waals surface area contributed by atoms with Gasteiger partial charge in [0.1, 0.15) is 10.7 Å². The number of ether oxygens (including phenoxy) is 1. The summed E-state index contributed by atoms with van der Waals surface area (Å²) < 4.78 is 5.80. The fourth-order valence-corrected chi connectivity index (χ4v) is 2.67. The highest BCUT2D eigenvalue weighted by atomic mass is 32.1. The number of rotatable bonds is 2. The Balaban J connectivity index is 1.91. The van der Waals surface area contributed by atoms with Crippen LogP contribution in [0.1, 0.15) is 18.5 Å². The first-order valence-electron chi connectivity index (χ1n) is 5.75. The Hall–Kier alpha value is -1.27. The van der Waals surface area contributed by atoms with Crippen LogP contribution in [-0.2, 0) is 4.74 Å². The molecule has 0 amide bonds. The fraction of sp³-hybridized carbons (Fsp3) is 0.545. The number of morpholine rings is 1. The molecule has 0 radical (unpaired) electrons. The first kappa shape index (κ1) is 10.9. The lowest BCUT2D eigenvalue weighted by atomic mass is 10.2. The maximum atomic E-state index is 5.80. The first-order valence-corrected chi connectivity index (χ1v) is 6.16. The van der Waals surface area contributed by atoms with Crippen molar-refractivity contribution in [2.24, 2.45) is 5.73 Å². The Bertz CT molecular complexity index is 441. The molecular weight excluding hydrogens is 236 g/mol. The number of anilines is 1. The Morgan fingerprint density at radius 2 is 1.94 bits per heavy atom. The van der Waals surface area contributed by atoms with Gasteiger partial charge in [0, 0.05) is 25.5 Å². The average molecular weight is 250 g/mol. The molecule has 3 heterocycles. The van der Waals surface area contributed by atoms with Crippen LogP contribution in [-0.4, -0.2) is 40.3 Å². The Morgan fingerprint density at radius 1 is 1.29 bits per heavy atom. The van der Waals surface area contributed by atoms with Crippen LogP contribution in [0.2, 0.25) is 0 Å². The highest BCUT2D eigenvalue weighted by Gasteiger charge is 2.35. The van der Waals surface area contributed by atoms with E-state index in [2.05, 4.69) is 14.9 Å². The van der Waals surface area contributed by atoms with Gasteiger partial charge < -0.3 is 15.4 Å². The van der Waals surface area contributed by atoms with Crippen LogP contribution in [0.5, 0.6) is 0 Å². The van der Waals surface area contributed by atoms with Gasteiger partial charge in [-0.25, -0.2) is 9.97 Å². The van der Waals surface area contributed by atoms with Crippen LogP contribution in [0.15, 0.2) is 12.4 Å². The molecule has 5 nitrogen and oxygen atoms in total. The van der Waals surface area contributed by atoms with E-state index in [0.29, 0.717) is 22.9 Å². The summed E-state index contributed by atoms with van der Waals surface area (Å²) in [5.41, 5.74) is 6.29. The fourth-order valence-electron chi connectivity index (χ4n) is 2.52. The lowest BCUT2D eigenvalue weighted by Crippen LogP contribution is -2.44. The molecule has 2 aliphatic heterocycles. The van der Waals surface area contributed by atoms with Gasteiger partial charge in [0.25, 0.3) is 0 Å². The summed E-state index contributed by atoms with van der Waals surface area (Å²) in [4.78, 5) is 11.1. The van der Waals surface area contributed by atoms with E-state index in [9.17, 15) is 0 Å². The third-order valence-corrected chi connectivity index (χ3v) is 3.45.